The first kappa shape index (κ1) is 17.0. The molecule has 0 aliphatic heterocycles. The molecule has 0 aliphatic carbocycles. The molecule has 1 N–H and O–H groups in total. The lowest BCUT2D eigenvalue weighted by molar-refractivity contribution is -0.141. The van der Waals surface area contributed by atoms with Gasteiger partial charge in [-0.2, -0.15) is 13.2 Å². The predicted octanol–water partition coefficient (Wildman–Crippen LogP) is 4.07. The number of ether oxygens (including phenoxy) is 1. The van der Waals surface area contributed by atoms with Gasteiger partial charge in [0, 0.05) is 16.9 Å². The quantitative estimate of drug-likeness (QED) is 0.846. The molecule has 122 valence electrons. The second-order valence-electron chi connectivity index (χ2n) is 4.31. The Labute approximate surface area is 134 Å². The van der Waals surface area contributed by atoms with Crippen molar-refractivity contribution in [3.05, 3.63) is 46.7 Å². The Morgan fingerprint density at radius 1 is 1.39 bits per heavy atom. The van der Waals surface area contributed by atoms with Crippen LogP contribution in [0.15, 0.2) is 30.5 Å². The molecule has 0 aliphatic rings. The molecular formula is C14H11ClF3N3O2. The van der Waals surface area contributed by atoms with Gasteiger partial charge in [-0.25, -0.2) is 14.8 Å². The number of halogens is 4. The Hall–Kier alpha value is -2.35. The molecule has 0 bridgehead atoms. The van der Waals surface area contributed by atoms with E-state index in [2.05, 4.69) is 20.0 Å². The molecule has 2 aromatic rings. The maximum Gasteiger partial charge on any atom is 0.434 e. The van der Waals surface area contributed by atoms with Crippen LogP contribution in [0.25, 0.3) is 0 Å². The summed E-state index contributed by atoms with van der Waals surface area (Å²) < 4.78 is 43.8. The first-order valence-corrected chi connectivity index (χ1v) is 6.83. The van der Waals surface area contributed by atoms with E-state index >= 15 is 0 Å². The van der Waals surface area contributed by atoms with Gasteiger partial charge in [-0.3, -0.25) is 0 Å². The van der Waals surface area contributed by atoms with Crippen LogP contribution in [0.5, 0.6) is 0 Å². The van der Waals surface area contributed by atoms with Crippen molar-refractivity contribution < 1.29 is 22.7 Å². The van der Waals surface area contributed by atoms with Crippen LogP contribution in [-0.2, 0) is 10.9 Å². The molecule has 23 heavy (non-hydrogen) atoms. The smallest absolute Gasteiger partial charge is 0.434 e. The molecule has 2 rings (SSSR count). The van der Waals surface area contributed by atoms with Crippen LogP contribution in [0.1, 0.15) is 23.0 Å². The Kier molecular flexibility index (Phi) is 5.05. The van der Waals surface area contributed by atoms with Crippen molar-refractivity contribution in [1.82, 2.24) is 9.97 Å². The fraction of sp³-hybridized carbons (Fsp3) is 0.214. The molecule has 1 aromatic carbocycles. The first-order chi connectivity index (χ1) is 10.8. The first-order valence-electron chi connectivity index (χ1n) is 6.45. The predicted molar refractivity (Wildman–Crippen MR) is 77.7 cm³/mol. The summed E-state index contributed by atoms with van der Waals surface area (Å²) in [4.78, 5) is 18.7. The molecule has 0 saturated heterocycles. The summed E-state index contributed by atoms with van der Waals surface area (Å²) in [7, 11) is 0. The molecule has 1 aromatic heterocycles. The standard InChI is InChI=1S/C14H11ClF3N3O2/c1-2-23-12(22)10-7-19-13(21-11(10)14(16,17)18)20-9-5-3-4-8(15)6-9/h3-7H,2H2,1H3,(H,19,20,21). The molecule has 0 fully saturated rings. The van der Waals surface area contributed by atoms with Crippen molar-refractivity contribution in [2.75, 3.05) is 11.9 Å². The van der Waals surface area contributed by atoms with Gasteiger partial charge < -0.3 is 10.1 Å². The highest BCUT2D eigenvalue weighted by atomic mass is 35.5. The van der Waals surface area contributed by atoms with Gasteiger partial charge in [0.2, 0.25) is 5.95 Å². The van der Waals surface area contributed by atoms with Crippen molar-refractivity contribution in [3.8, 4) is 0 Å². The van der Waals surface area contributed by atoms with Crippen molar-refractivity contribution in [3.63, 3.8) is 0 Å². The van der Waals surface area contributed by atoms with Gasteiger partial charge in [0.05, 0.1) is 6.61 Å². The Morgan fingerprint density at radius 2 is 2.13 bits per heavy atom. The fourth-order valence-electron chi connectivity index (χ4n) is 1.71. The minimum Gasteiger partial charge on any atom is -0.462 e. The molecule has 9 heteroatoms. The Morgan fingerprint density at radius 3 is 2.74 bits per heavy atom. The summed E-state index contributed by atoms with van der Waals surface area (Å²) in [6.07, 6.45) is -4.05. The SMILES string of the molecule is CCOC(=O)c1cnc(Nc2cccc(Cl)c2)nc1C(F)(F)F. The van der Waals surface area contributed by atoms with Crippen LogP contribution < -0.4 is 5.32 Å². The number of esters is 1. The van der Waals surface area contributed by atoms with Crippen LogP contribution in [0.3, 0.4) is 0 Å². The number of carbonyl (C=O) groups is 1. The molecule has 0 saturated carbocycles. The van der Waals surface area contributed by atoms with E-state index in [0.29, 0.717) is 10.7 Å². The van der Waals surface area contributed by atoms with E-state index in [1.807, 2.05) is 0 Å². The summed E-state index contributed by atoms with van der Waals surface area (Å²) in [6, 6.07) is 6.31. The average Bonchev–Trinajstić information content (AvgIpc) is 2.46. The maximum atomic E-state index is 13.1. The van der Waals surface area contributed by atoms with Gasteiger partial charge in [-0.1, -0.05) is 17.7 Å². The lowest BCUT2D eigenvalue weighted by Crippen LogP contribution is -2.19. The van der Waals surface area contributed by atoms with E-state index in [9.17, 15) is 18.0 Å². The lowest BCUT2D eigenvalue weighted by atomic mass is 10.2. The molecular weight excluding hydrogens is 335 g/mol. The number of aromatic nitrogens is 2. The van der Waals surface area contributed by atoms with Crippen molar-refractivity contribution in [2.24, 2.45) is 0 Å². The third kappa shape index (κ3) is 4.32. The van der Waals surface area contributed by atoms with E-state index < -0.39 is 23.4 Å². The summed E-state index contributed by atoms with van der Waals surface area (Å²) >= 11 is 5.79. The Balaban J connectivity index is 2.38. The second-order valence-corrected chi connectivity index (χ2v) is 4.75. The van der Waals surface area contributed by atoms with E-state index in [0.717, 1.165) is 6.20 Å². The normalized spacial score (nSPS) is 11.2. The molecule has 0 amide bonds. The second kappa shape index (κ2) is 6.82. The van der Waals surface area contributed by atoms with E-state index in [1.54, 1.807) is 18.2 Å². The molecule has 1 heterocycles. The largest absolute Gasteiger partial charge is 0.462 e. The number of benzene rings is 1. The number of hydrogen-bond donors (Lipinski definition) is 1. The average molecular weight is 346 g/mol. The van der Waals surface area contributed by atoms with Crippen LogP contribution in [0.4, 0.5) is 24.8 Å². The van der Waals surface area contributed by atoms with Crippen molar-refractivity contribution >= 4 is 29.2 Å². The zero-order valence-electron chi connectivity index (χ0n) is 11.8. The molecule has 0 spiro atoms. The zero-order valence-corrected chi connectivity index (χ0v) is 12.6. The Bertz CT molecular complexity index is 723. The number of nitrogens with one attached hydrogen (secondary N) is 1. The van der Waals surface area contributed by atoms with Gasteiger partial charge in [0.25, 0.3) is 0 Å². The minimum absolute atomic E-state index is 0.0569. The van der Waals surface area contributed by atoms with Gasteiger partial charge in [-0.05, 0) is 25.1 Å². The highest BCUT2D eigenvalue weighted by Gasteiger charge is 2.38. The van der Waals surface area contributed by atoms with Crippen LogP contribution in [-0.4, -0.2) is 22.5 Å². The topological polar surface area (TPSA) is 64.1 Å². The highest BCUT2D eigenvalue weighted by molar-refractivity contribution is 6.30. The number of nitrogens with zero attached hydrogens (tertiary/aromatic N) is 2. The molecule has 5 nitrogen and oxygen atoms in total. The summed E-state index contributed by atoms with van der Waals surface area (Å²) in [5, 5.41) is 2.99. The molecule has 0 unspecified atom stereocenters. The minimum atomic E-state index is -4.82. The number of alkyl halides is 3. The van der Waals surface area contributed by atoms with E-state index in [4.69, 9.17) is 11.6 Å². The maximum absolute atomic E-state index is 13.1. The van der Waals surface area contributed by atoms with Crippen LogP contribution >= 0.6 is 11.6 Å². The third-order valence-electron chi connectivity index (χ3n) is 2.63. The van der Waals surface area contributed by atoms with Crippen LogP contribution in [0, 0.1) is 0 Å². The number of carbonyl (C=O) groups excluding carboxylic acids is 1. The van der Waals surface area contributed by atoms with E-state index in [-0.39, 0.29) is 12.6 Å². The monoisotopic (exact) mass is 345 g/mol. The van der Waals surface area contributed by atoms with Crippen molar-refractivity contribution in [1.29, 1.82) is 0 Å². The van der Waals surface area contributed by atoms with Gasteiger partial charge in [0.15, 0.2) is 5.69 Å². The summed E-state index contributed by atoms with van der Waals surface area (Å²) in [6.45, 7) is 1.43. The highest BCUT2D eigenvalue weighted by Crippen LogP contribution is 2.31. The zero-order chi connectivity index (χ0) is 17.0. The summed E-state index contributed by atoms with van der Waals surface area (Å²) in [5.41, 5.74) is -1.69. The third-order valence-corrected chi connectivity index (χ3v) is 2.87. The van der Waals surface area contributed by atoms with Crippen LogP contribution in [0.2, 0.25) is 5.02 Å². The van der Waals surface area contributed by atoms with Gasteiger partial charge >= 0.3 is 12.1 Å². The molecule has 0 radical (unpaired) electrons. The summed E-state index contributed by atoms with van der Waals surface area (Å²) in [5.74, 6) is -1.44. The van der Waals surface area contributed by atoms with Crippen molar-refractivity contribution in [2.45, 2.75) is 13.1 Å². The number of anilines is 2. The van der Waals surface area contributed by atoms with E-state index in [1.165, 1.54) is 13.0 Å². The molecule has 0 atom stereocenters. The lowest BCUT2D eigenvalue weighted by Gasteiger charge is -2.12. The fourth-order valence-corrected chi connectivity index (χ4v) is 1.90. The number of hydrogen-bond acceptors (Lipinski definition) is 5. The van der Waals surface area contributed by atoms with Gasteiger partial charge in [0.1, 0.15) is 5.56 Å². The number of rotatable bonds is 4. The van der Waals surface area contributed by atoms with Gasteiger partial charge in [-0.15, -0.1) is 0 Å².